The number of rotatable bonds is 6. The van der Waals surface area contributed by atoms with Crippen LogP contribution >= 0.6 is 0 Å². The van der Waals surface area contributed by atoms with E-state index in [-0.39, 0.29) is 18.9 Å². The summed E-state index contributed by atoms with van der Waals surface area (Å²) in [6, 6.07) is 15.4. The summed E-state index contributed by atoms with van der Waals surface area (Å²) in [5.41, 5.74) is 1.06. The van der Waals surface area contributed by atoms with Crippen molar-refractivity contribution in [2.24, 2.45) is 5.92 Å². The molecular formula is C16H16N2O2. The van der Waals surface area contributed by atoms with E-state index in [0.717, 1.165) is 5.56 Å². The van der Waals surface area contributed by atoms with Gasteiger partial charge in [-0.15, -0.1) is 0 Å². The summed E-state index contributed by atoms with van der Waals surface area (Å²) in [6.45, 7) is 0.717. The van der Waals surface area contributed by atoms with Crippen LogP contribution in [0.3, 0.4) is 0 Å². The molecule has 0 aliphatic carbocycles. The van der Waals surface area contributed by atoms with Gasteiger partial charge < -0.3 is 4.74 Å². The monoisotopic (exact) mass is 268 g/mol. The van der Waals surface area contributed by atoms with Crippen LogP contribution in [0.15, 0.2) is 54.9 Å². The summed E-state index contributed by atoms with van der Waals surface area (Å²) in [6.07, 6.45) is 3.53. The van der Waals surface area contributed by atoms with E-state index in [9.17, 15) is 4.79 Å². The number of carbonyl (C=O) groups excluding carboxylic acids is 1. The molecule has 0 spiro atoms. The largest absolute Gasteiger partial charge is 0.375 e. The highest BCUT2D eigenvalue weighted by atomic mass is 16.5. The third kappa shape index (κ3) is 4.08. The Bertz CT molecular complexity index is 570. The SMILES string of the molecule is N#C[C@H](COCc1ccccc1)CC(=O)n1cccc1. The highest BCUT2D eigenvalue weighted by molar-refractivity contribution is 5.79. The summed E-state index contributed by atoms with van der Waals surface area (Å²) in [4.78, 5) is 11.9. The van der Waals surface area contributed by atoms with E-state index in [1.165, 1.54) is 4.57 Å². The Hall–Kier alpha value is -2.38. The Morgan fingerprint density at radius 1 is 1.20 bits per heavy atom. The second-order valence-corrected chi connectivity index (χ2v) is 4.51. The standard InChI is InChI=1S/C16H16N2O2/c17-11-15(10-16(19)18-8-4-5-9-18)13-20-12-14-6-2-1-3-7-14/h1-9,15H,10,12-13H2/t15-/m1/s1. The molecule has 4 heteroatoms. The average Bonchev–Trinajstić information content (AvgIpc) is 3.01. The van der Waals surface area contributed by atoms with Crippen molar-refractivity contribution in [3.05, 3.63) is 60.4 Å². The minimum absolute atomic E-state index is 0.0927. The van der Waals surface area contributed by atoms with Crippen molar-refractivity contribution in [2.45, 2.75) is 13.0 Å². The lowest BCUT2D eigenvalue weighted by Gasteiger charge is -2.10. The fraction of sp³-hybridized carbons (Fsp3) is 0.250. The molecule has 0 aliphatic rings. The molecule has 0 unspecified atom stereocenters. The number of benzene rings is 1. The third-order valence-electron chi connectivity index (χ3n) is 2.93. The molecule has 0 aliphatic heterocycles. The van der Waals surface area contributed by atoms with Crippen molar-refractivity contribution in [2.75, 3.05) is 6.61 Å². The van der Waals surface area contributed by atoms with E-state index in [2.05, 4.69) is 6.07 Å². The quantitative estimate of drug-likeness (QED) is 0.809. The fourth-order valence-electron chi connectivity index (χ4n) is 1.85. The summed E-state index contributed by atoms with van der Waals surface area (Å²) in [5, 5.41) is 9.08. The Labute approximate surface area is 118 Å². The molecule has 0 saturated heterocycles. The van der Waals surface area contributed by atoms with E-state index in [0.29, 0.717) is 6.61 Å². The van der Waals surface area contributed by atoms with E-state index >= 15 is 0 Å². The molecule has 4 nitrogen and oxygen atoms in total. The zero-order valence-electron chi connectivity index (χ0n) is 11.1. The van der Waals surface area contributed by atoms with Crippen LogP contribution in [0.25, 0.3) is 0 Å². The molecule has 2 aromatic rings. The molecule has 1 aromatic carbocycles. The number of aromatic nitrogens is 1. The van der Waals surface area contributed by atoms with Gasteiger partial charge >= 0.3 is 0 Å². The predicted octanol–water partition coefficient (Wildman–Crippen LogP) is 2.87. The van der Waals surface area contributed by atoms with Gasteiger partial charge in [-0.2, -0.15) is 5.26 Å². The van der Waals surface area contributed by atoms with Crippen LogP contribution in [0.2, 0.25) is 0 Å². The average molecular weight is 268 g/mol. The first kappa shape index (κ1) is 14.0. The van der Waals surface area contributed by atoms with Crippen LogP contribution in [0.4, 0.5) is 0 Å². The molecule has 0 saturated carbocycles. The normalized spacial score (nSPS) is 11.8. The van der Waals surface area contributed by atoms with Gasteiger partial charge in [0.25, 0.3) is 0 Å². The number of hydrogen-bond acceptors (Lipinski definition) is 3. The van der Waals surface area contributed by atoms with Gasteiger partial charge in [-0.3, -0.25) is 9.36 Å². The first-order valence-corrected chi connectivity index (χ1v) is 6.47. The van der Waals surface area contributed by atoms with Gasteiger partial charge in [0.15, 0.2) is 0 Å². The molecule has 0 amide bonds. The smallest absolute Gasteiger partial charge is 0.231 e. The molecule has 1 atom stereocenters. The van der Waals surface area contributed by atoms with Crippen molar-refractivity contribution in [1.29, 1.82) is 5.26 Å². The summed E-state index contributed by atoms with van der Waals surface area (Å²) in [7, 11) is 0. The molecule has 0 N–H and O–H groups in total. The van der Waals surface area contributed by atoms with Crippen LogP contribution < -0.4 is 0 Å². The first-order chi connectivity index (χ1) is 9.79. The minimum Gasteiger partial charge on any atom is -0.375 e. The molecular weight excluding hydrogens is 252 g/mol. The van der Waals surface area contributed by atoms with Gasteiger partial charge in [-0.1, -0.05) is 30.3 Å². The molecule has 0 bridgehead atoms. The lowest BCUT2D eigenvalue weighted by molar-refractivity contribution is 0.0778. The van der Waals surface area contributed by atoms with Gasteiger partial charge in [0, 0.05) is 18.8 Å². The number of hydrogen-bond donors (Lipinski definition) is 0. The summed E-state index contributed by atoms with van der Waals surface area (Å²) in [5.74, 6) is -0.515. The second kappa shape index (κ2) is 7.27. The minimum atomic E-state index is -0.423. The lowest BCUT2D eigenvalue weighted by Crippen LogP contribution is -2.17. The molecule has 0 radical (unpaired) electrons. The Morgan fingerprint density at radius 3 is 2.55 bits per heavy atom. The van der Waals surface area contributed by atoms with Crippen LogP contribution in [0.5, 0.6) is 0 Å². The Balaban J connectivity index is 1.78. The van der Waals surface area contributed by atoms with Gasteiger partial charge in [0.05, 0.1) is 25.2 Å². The van der Waals surface area contributed by atoms with Crippen LogP contribution in [-0.4, -0.2) is 17.1 Å². The van der Waals surface area contributed by atoms with E-state index in [1.807, 2.05) is 30.3 Å². The van der Waals surface area contributed by atoms with Gasteiger partial charge in [0.2, 0.25) is 5.91 Å². The number of carbonyl (C=O) groups is 1. The van der Waals surface area contributed by atoms with Crippen molar-refractivity contribution in [3.8, 4) is 6.07 Å². The van der Waals surface area contributed by atoms with Gasteiger partial charge in [-0.25, -0.2) is 0 Å². The summed E-state index contributed by atoms with van der Waals surface area (Å²) < 4.78 is 6.99. The van der Waals surface area contributed by atoms with E-state index in [4.69, 9.17) is 10.00 Å². The lowest BCUT2D eigenvalue weighted by atomic mass is 10.1. The molecule has 1 heterocycles. The maximum absolute atomic E-state index is 11.9. The fourth-order valence-corrected chi connectivity index (χ4v) is 1.85. The zero-order valence-corrected chi connectivity index (χ0v) is 11.1. The van der Waals surface area contributed by atoms with Gasteiger partial charge in [0.1, 0.15) is 0 Å². The summed E-state index contributed by atoms with van der Waals surface area (Å²) >= 11 is 0. The second-order valence-electron chi connectivity index (χ2n) is 4.51. The number of ether oxygens (including phenoxy) is 1. The van der Waals surface area contributed by atoms with Crippen LogP contribution in [-0.2, 0) is 11.3 Å². The highest BCUT2D eigenvalue weighted by Crippen LogP contribution is 2.08. The zero-order chi connectivity index (χ0) is 14.2. The maximum Gasteiger partial charge on any atom is 0.231 e. The number of nitriles is 1. The topological polar surface area (TPSA) is 55.0 Å². The first-order valence-electron chi connectivity index (χ1n) is 6.47. The maximum atomic E-state index is 11.9. The van der Waals surface area contributed by atoms with Gasteiger partial charge in [-0.05, 0) is 17.7 Å². The molecule has 0 fully saturated rings. The Kier molecular flexibility index (Phi) is 5.10. The van der Waals surface area contributed by atoms with Crippen molar-refractivity contribution >= 4 is 5.91 Å². The molecule has 102 valence electrons. The van der Waals surface area contributed by atoms with E-state index in [1.54, 1.807) is 24.5 Å². The van der Waals surface area contributed by atoms with Crippen molar-refractivity contribution in [3.63, 3.8) is 0 Å². The predicted molar refractivity (Wildman–Crippen MR) is 74.9 cm³/mol. The van der Waals surface area contributed by atoms with Crippen LogP contribution in [0.1, 0.15) is 16.8 Å². The van der Waals surface area contributed by atoms with E-state index < -0.39 is 5.92 Å². The highest BCUT2D eigenvalue weighted by Gasteiger charge is 2.14. The molecule has 1 aromatic heterocycles. The number of nitrogens with zero attached hydrogens (tertiary/aromatic N) is 2. The van der Waals surface area contributed by atoms with Crippen molar-refractivity contribution < 1.29 is 9.53 Å². The van der Waals surface area contributed by atoms with Crippen molar-refractivity contribution in [1.82, 2.24) is 4.57 Å². The van der Waals surface area contributed by atoms with Crippen LogP contribution in [0, 0.1) is 17.2 Å². The Morgan fingerprint density at radius 2 is 1.90 bits per heavy atom. The molecule has 2 rings (SSSR count). The third-order valence-corrected chi connectivity index (χ3v) is 2.93. The molecule has 20 heavy (non-hydrogen) atoms.